The van der Waals surface area contributed by atoms with Crippen LogP contribution in [-0.4, -0.2) is 70.0 Å². The van der Waals surface area contributed by atoms with Crippen LogP contribution in [0, 0.1) is 0 Å². The van der Waals surface area contributed by atoms with Crippen molar-refractivity contribution in [3.05, 3.63) is 134 Å². The third-order valence-electron chi connectivity index (χ3n) is 16.7. The minimum Gasteiger partial charge on any atom is -0.756 e. The summed E-state index contributed by atoms with van der Waals surface area (Å²) >= 11 is 0. The molecule has 9 nitrogen and oxygen atoms in total. The molecular formula is C84H146NO8P. The third kappa shape index (κ3) is 77.2. The van der Waals surface area contributed by atoms with E-state index in [1.54, 1.807) is 0 Å². The van der Waals surface area contributed by atoms with Gasteiger partial charge in [-0.25, -0.2) is 0 Å². The first-order valence-electron chi connectivity index (χ1n) is 38.9. The Bertz CT molecular complexity index is 2050. The second kappa shape index (κ2) is 73.4. The van der Waals surface area contributed by atoms with E-state index in [4.69, 9.17) is 18.5 Å². The molecule has 2 unspecified atom stereocenters. The summed E-state index contributed by atoms with van der Waals surface area (Å²) in [6.07, 6.45) is 107. The average Bonchev–Trinajstić information content (AvgIpc) is 1.68. The summed E-state index contributed by atoms with van der Waals surface area (Å²) in [5.74, 6) is -0.841. The van der Waals surface area contributed by atoms with Crippen molar-refractivity contribution in [1.29, 1.82) is 0 Å². The maximum absolute atomic E-state index is 12.9. The molecule has 0 aliphatic heterocycles. The first-order chi connectivity index (χ1) is 46.0. The minimum absolute atomic E-state index is 0.0380. The highest BCUT2D eigenvalue weighted by molar-refractivity contribution is 7.45. The van der Waals surface area contributed by atoms with Crippen molar-refractivity contribution in [1.82, 2.24) is 0 Å². The molecular weight excluding hydrogens is 1180 g/mol. The number of phosphoric acid groups is 1. The number of unbranched alkanes of at least 4 members (excludes halogenated alkanes) is 35. The number of phosphoric ester groups is 1. The lowest BCUT2D eigenvalue weighted by molar-refractivity contribution is -0.870. The molecule has 0 rings (SSSR count). The molecule has 0 spiro atoms. The highest BCUT2D eigenvalue weighted by Crippen LogP contribution is 2.38. The number of hydrogen-bond donors (Lipinski definition) is 0. The van der Waals surface area contributed by atoms with Crippen LogP contribution in [0.1, 0.15) is 335 Å². The van der Waals surface area contributed by atoms with Crippen LogP contribution in [0.15, 0.2) is 134 Å². The predicted molar refractivity (Wildman–Crippen MR) is 406 cm³/mol. The maximum atomic E-state index is 12.9. The molecule has 0 saturated heterocycles. The van der Waals surface area contributed by atoms with Crippen molar-refractivity contribution in [2.24, 2.45) is 0 Å². The zero-order chi connectivity index (χ0) is 68.3. The van der Waals surface area contributed by atoms with Gasteiger partial charge in [-0.1, -0.05) is 340 Å². The van der Waals surface area contributed by atoms with Crippen LogP contribution in [0.4, 0.5) is 0 Å². The van der Waals surface area contributed by atoms with Gasteiger partial charge < -0.3 is 27.9 Å². The number of likely N-dealkylation sites (N-methyl/N-ethyl adjacent to an activating group) is 1. The van der Waals surface area contributed by atoms with Crippen LogP contribution in [0.5, 0.6) is 0 Å². The summed E-state index contributed by atoms with van der Waals surface area (Å²) in [4.78, 5) is 38.2. The Labute approximate surface area is 581 Å². The van der Waals surface area contributed by atoms with E-state index >= 15 is 0 Å². The Hall–Kier alpha value is -3.85. The Balaban J connectivity index is 4.04. The molecule has 0 fully saturated rings. The standard InChI is InChI=1S/C84H146NO8P/c1-6-8-10-12-14-16-18-20-22-24-26-28-30-32-34-36-38-40-42-44-46-48-50-52-54-56-58-60-62-64-66-68-70-72-74-76-83(86)90-80-82(81-92-94(88,89)91-79-78-85(3,4)5)93-84(87)77-75-73-71-69-67-65-63-61-59-57-55-53-51-49-47-45-43-41-39-37-35-33-31-29-27-25-23-21-19-17-15-13-11-9-7-2/h9,11,15,17-18,20-21,23-24,26-27,29,33,35,39,41,45,47,51,53,57,59,82H,6-8,10,12-14,16,19,22,25,28,30-32,34,36-38,40,42-44,46,48-50,52,54-56,58,60-81H2,1-5H3/b11-9-,17-15-,20-18-,23-21-,26-24-,29-27-,35-33-,41-39-,47-45-,53-51-,59-57-. The van der Waals surface area contributed by atoms with Crippen LogP contribution < -0.4 is 4.89 Å². The van der Waals surface area contributed by atoms with Crippen molar-refractivity contribution < 1.29 is 42.1 Å². The lowest BCUT2D eigenvalue weighted by atomic mass is 10.0. The molecule has 10 heteroatoms. The van der Waals surface area contributed by atoms with E-state index in [9.17, 15) is 19.0 Å². The fourth-order valence-corrected chi connectivity index (χ4v) is 11.5. The number of quaternary nitrogens is 1. The van der Waals surface area contributed by atoms with E-state index in [0.717, 1.165) is 109 Å². The number of rotatable bonds is 71. The van der Waals surface area contributed by atoms with E-state index in [1.807, 2.05) is 21.1 Å². The number of ether oxygens (including phenoxy) is 2. The van der Waals surface area contributed by atoms with Crippen LogP contribution >= 0.6 is 7.82 Å². The molecule has 0 aliphatic carbocycles. The van der Waals surface area contributed by atoms with Gasteiger partial charge in [0.15, 0.2) is 6.10 Å². The first kappa shape index (κ1) is 90.2. The van der Waals surface area contributed by atoms with E-state index in [1.165, 1.54) is 193 Å². The number of hydrogen-bond acceptors (Lipinski definition) is 8. The smallest absolute Gasteiger partial charge is 0.306 e. The number of allylic oxidation sites excluding steroid dienone is 22. The number of esters is 2. The number of nitrogens with zero attached hydrogens (tertiary/aromatic N) is 1. The van der Waals surface area contributed by atoms with Crippen molar-refractivity contribution in [3.63, 3.8) is 0 Å². The van der Waals surface area contributed by atoms with Gasteiger partial charge in [-0.2, -0.15) is 0 Å². The van der Waals surface area contributed by atoms with Crippen molar-refractivity contribution in [2.45, 2.75) is 341 Å². The van der Waals surface area contributed by atoms with Crippen LogP contribution in [0.25, 0.3) is 0 Å². The topological polar surface area (TPSA) is 111 Å². The van der Waals surface area contributed by atoms with Gasteiger partial charge in [0.05, 0.1) is 27.7 Å². The molecule has 0 aromatic heterocycles. The third-order valence-corrected chi connectivity index (χ3v) is 17.6. The van der Waals surface area contributed by atoms with E-state index < -0.39 is 26.5 Å². The molecule has 0 aliphatic rings. The van der Waals surface area contributed by atoms with Crippen LogP contribution in [0.3, 0.4) is 0 Å². The Morgan fingerprint density at radius 1 is 0.340 bits per heavy atom. The molecule has 0 aromatic rings. The average molecular weight is 1330 g/mol. The molecule has 94 heavy (non-hydrogen) atoms. The summed E-state index contributed by atoms with van der Waals surface area (Å²) in [5, 5.41) is 0. The molecule has 0 amide bonds. The zero-order valence-corrected chi connectivity index (χ0v) is 62.5. The second-order valence-electron chi connectivity index (χ2n) is 27.0. The van der Waals surface area contributed by atoms with Crippen LogP contribution in [-0.2, 0) is 32.7 Å². The molecule has 0 heterocycles. The maximum Gasteiger partial charge on any atom is 0.306 e. The van der Waals surface area contributed by atoms with Gasteiger partial charge in [0, 0.05) is 12.8 Å². The van der Waals surface area contributed by atoms with E-state index in [2.05, 4.69) is 148 Å². The lowest BCUT2D eigenvalue weighted by Crippen LogP contribution is -2.37. The lowest BCUT2D eigenvalue weighted by Gasteiger charge is -2.28. The Morgan fingerprint density at radius 3 is 0.904 bits per heavy atom. The molecule has 2 atom stereocenters. The van der Waals surface area contributed by atoms with Gasteiger partial charge in [0.25, 0.3) is 7.82 Å². The first-order valence-corrected chi connectivity index (χ1v) is 40.4. The van der Waals surface area contributed by atoms with Gasteiger partial charge in [-0.3, -0.25) is 14.2 Å². The normalized spacial score (nSPS) is 13.8. The van der Waals surface area contributed by atoms with Gasteiger partial charge >= 0.3 is 11.9 Å². The highest BCUT2D eigenvalue weighted by atomic mass is 31.2. The molecule has 0 saturated carbocycles. The van der Waals surface area contributed by atoms with Crippen molar-refractivity contribution in [2.75, 3.05) is 47.5 Å². The fraction of sp³-hybridized carbons (Fsp3) is 0.714. The predicted octanol–water partition coefficient (Wildman–Crippen LogP) is 25.3. The van der Waals surface area contributed by atoms with Gasteiger partial charge in [-0.05, 0) is 116 Å². The summed E-state index contributed by atoms with van der Waals surface area (Å²) in [6, 6.07) is 0. The highest BCUT2D eigenvalue weighted by Gasteiger charge is 2.22. The summed E-state index contributed by atoms with van der Waals surface area (Å²) < 4.78 is 34.4. The summed E-state index contributed by atoms with van der Waals surface area (Å²) in [6.45, 7) is 4.13. The number of carbonyl (C=O) groups is 2. The fourth-order valence-electron chi connectivity index (χ4n) is 10.7. The second-order valence-corrected chi connectivity index (χ2v) is 28.4. The van der Waals surface area contributed by atoms with E-state index in [0.29, 0.717) is 17.4 Å². The summed E-state index contributed by atoms with van der Waals surface area (Å²) in [7, 11) is 1.15. The van der Waals surface area contributed by atoms with Gasteiger partial charge in [-0.15, -0.1) is 0 Å². The molecule has 0 aromatic carbocycles. The van der Waals surface area contributed by atoms with Gasteiger partial charge in [0.2, 0.25) is 0 Å². The quantitative estimate of drug-likeness (QED) is 0.0195. The van der Waals surface area contributed by atoms with Gasteiger partial charge in [0.1, 0.15) is 19.8 Å². The Kier molecular flexibility index (Phi) is 70.4. The Morgan fingerprint density at radius 2 is 0.606 bits per heavy atom. The minimum atomic E-state index is -4.66. The van der Waals surface area contributed by atoms with Crippen LogP contribution in [0.2, 0.25) is 0 Å². The largest absolute Gasteiger partial charge is 0.756 e. The molecule has 0 bridgehead atoms. The van der Waals surface area contributed by atoms with E-state index in [-0.39, 0.29) is 32.0 Å². The van der Waals surface area contributed by atoms with Crippen molar-refractivity contribution in [3.8, 4) is 0 Å². The monoisotopic (exact) mass is 1330 g/mol. The SMILES string of the molecule is CC/C=C\C/C=C\C/C=C\C/C=C\C/C=C\C/C=C\C/C=C\C/C=C\C/C=C\CCCCCCCCCC(=O)OC(COC(=O)CCCCCCCCCCCCCCCCCCCCCCCCC/C=C\C/C=C\CCCCCCC)COP(=O)([O-])OCC[N+](C)(C)C. The van der Waals surface area contributed by atoms with Crippen molar-refractivity contribution >= 4 is 19.8 Å². The molecule has 0 N–H and O–H groups in total. The molecule has 0 radical (unpaired) electrons. The zero-order valence-electron chi connectivity index (χ0n) is 61.6. The molecule has 540 valence electrons. The summed E-state index contributed by atoms with van der Waals surface area (Å²) in [5.41, 5.74) is 0. The number of carbonyl (C=O) groups excluding carboxylic acids is 2.